The molecule has 8 heteroatoms. The fourth-order valence-corrected chi connectivity index (χ4v) is 4.70. The summed E-state index contributed by atoms with van der Waals surface area (Å²) < 4.78 is 11.6. The van der Waals surface area contributed by atoms with Crippen molar-refractivity contribution < 1.29 is 9.47 Å². The first-order valence-corrected chi connectivity index (χ1v) is 8.10. The van der Waals surface area contributed by atoms with E-state index < -0.39 is 22.7 Å². The van der Waals surface area contributed by atoms with Gasteiger partial charge in [0.15, 0.2) is 5.41 Å². The van der Waals surface area contributed by atoms with Crippen LogP contribution >= 0.6 is 23.2 Å². The van der Waals surface area contributed by atoms with Crippen molar-refractivity contribution in [2.75, 3.05) is 6.61 Å². The molecule has 1 spiro atoms. The summed E-state index contributed by atoms with van der Waals surface area (Å²) in [5, 5.41) is 20.7. The zero-order chi connectivity index (χ0) is 17.3. The highest BCUT2D eigenvalue weighted by Crippen LogP contribution is 2.83. The van der Waals surface area contributed by atoms with Crippen molar-refractivity contribution in [1.29, 1.82) is 10.5 Å². The maximum atomic E-state index is 10.0. The molecule has 0 aromatic heterocycles. The number of hydrogen-bond acceptors (Lipinski definition) is 6. The molecule has 0 bridgehead atoms. The lowest BCUT2D eigenvalue weighted by molar-refractivity contribution is -0.193. The van der Waals surface area contributed by atoms with Gasteiger partial charge in [-0.1, -0.05) is 29.3 Å². The van der Waals surface area contributed by atoms with E-state index in [1.807, 2.05) is 0 Å². The molecule has 0 unspecified atom stereocenters. The lowest BCUT2D eigenvalue weighted by atomic mass is 9.94. The van der Waals surface area contributed by atoms with Crippen LogP contribution in [0.5, 0.6) is 0 Å². The number of amidine groups is 1. The summed E-state index contributed by atoms with van der Waals surface area (Å²) in [6, 6.07) is 9.39. The van der Waals surface area contributed by atoms with Gasteiger partial charge < -0.3 is 15.2 Å². The summed E-state index contributed by atoms with van der Waals surface area (Å²) >= 11 is 12.6. The summed E-state index contributed by atoms with van der Waals surface area (Å²) in [5.74, 6) is -2.26. The summed E-state index contributed by atoms with van der Waals surface area (Å²) in [6.45, 7) is 2.06. The fourth-order valence-electron chi connectivity index (χ4n) is 4.08. The van der Waals surface area contributed by atoms with E-state index in [1.165, 1.54) is 0 Å². The Morgan fingerprint density at radius 1 is 1.29 bits per heavy atom. The highest BCUT2D eigenvalue weighted by molar-refractivity contribution is 6.36. The standard InChI is InChI=1S/C16H12Cl2N4O2/c1-8-5-23-16(24-8)15(7-20)12(14(15,6-19)13(21)22-16)11-9(17)3-2-4-10(11)18/h2-4,8,12H,5H2,1H3,(H2,21,22)/t8-,12-,14-,15-,16+/m1/s1. The Labute approximate surface area is 148 Å². The number of benzene rings is 1. The molecule has 1 saturated carbocycles. The summed E-state index contributed by atoms with van der Waals surface area (Å²) in [4.78, 5) is 4.24. The predicted molar refractivity (Wildman–Crippen MR) is 86.1 cm³/mol. The third kappa shape index (κ3) is 1.42. The van der Waals surface area contributed by atoms with E-state index in [0.717, 1.165) is 0 Å². The zero-order valence-electron chi connectivity index (χ0n) is 12.6. The topological polar surface area (TPSA) is 104 Å². The van der Waals surface area contributed by atoms with E-state index in [1.54, 1.807) is 25.1 Å². The minimum Gasteiger partial charge on any atom is -0.386 e. The van der Waals surface area contributed by atoms with Crippen molar-refractivity contribution in [2.24, 2.45) is 21.6 Å². The van der Waals surface area contributed by atoms with Crippen LogP contribution in [0.15, 0.2) is 23.2 Å². The van der Waals surface area contributed by atoms with Gasteiger partial charge in [-0.25, -0.2) is 4.99 Å². The van der Waals surface area contributed by atoms with Gasteiger partial charge in [0, 0.05) is 16.0 Å². The van der Waals surface area contributed by atoms with Gasteiger partial charge in [-0.15, -0.1) is 0 Å². The molecular formula is C16H12Cl2N4O2. The lowest BCUT2D eigenvalue weighted by Crippen LogP contribution is -2.39. The molecule has 2 aliphatic heterocycles. The third-order valence-electron chi connectivity index (χ3n) is 5.09. The Balaban J connectivity index is 1.98. The predicted octanol–water partition coefficient (Wildman–Crippen LogP) is 2.57. The minimum atomic E-state index is -1.60. The smallest absolute Gasteiger partial charge is 0.293 e. The van der Waals surface area contributed by atoms with Gasteiger partial charge in [-0.2, -0.15) is 10.5 Å². The van der Waals surface area contributed by atoms with Crippen LogP contribution in [0, 0.1) is 33.5 Å². The van der Waals surface area contributed by atoms with E-state index in [-0.39, 0.29) is 18.5 Å². The van der Waals surface area contributed by atoms with Gasteiger partial charge in [0.2, 0.25) is 0 Å². The zero-order valence-corrected chi connectivity index (χ0v) is 14.1. The van der Waals surface area contributed by atoms with Gasteiger partial charge in [-0.05, 0) is 24.6 Å². The molecule has 2 N–H and O–H groups in total. The molecule has 3 aliphatic rings. The normalized spacial score (nSPS) is 42.3. The molecule has 1 aromatic rings. The molecule has 1 aliphatic carbocycles. The van der Waals surface area contributed by atoms with Crippen molar-refractivity contribution in [3.8, 4) is 12.1 Å². The number of hydrogen-bond donors (Lipinski definition) is 1. The number of ether oxygens (including phenoxy) is 2. The quantitative estimate of drug-likeness (QED) is 0.826. The second kappa shape index (κ2) is 4.62. The third-order valence-corrected chi connectivity index (χ3v) is 5.75. The number of nitrogens with zero attached hydrogens (tertiary/aromatic N) is 3. The van der Waals surface area contributed by atoms with Crippen molar-refractivity contribution in [3.05, 3.63) is 33.8 Å². The summed E-state index contributed by atoms with van der Waals surface area (Å²) in [6.07, 6.45) is -0.274. The molecule has 6 nitrogen and oxygen atoms in total. The van der Waals surface area contributed by atoms with Crippen LogP contribution in [-0.4, -0.2) is 24.5 Å². The molecule has 1 aromatic carbocycles. The molecule has 2 fully saturated rings. The average Bonchev–Trinajstić information content (AvgIpc) is 2.89. The number of nitriles is 2. The van der Waals surface area contributed by atoms with Crippen LogP contribution in [-0.2, 0) is 9.47 Å². The van der Waals surface area contributed by atoms with E-state index in [4.69, 9.17) is 38.4 Å². The van der Waals surface area contributed by atoms with Crippen LogP contribution in [0.1, 0.15) is 18.4 Å². The average molecular weight is 363 g/mol. The van der Waals surface area contributed by atoms with E-state index >= 15 is 0 Å². The number of halogens is 2. The highest BCUT2D eigenvalue weighted by Gasteiger charge is 2.94. The molecule has 2 heterocycles. The Morgan fingerprint density at radius 3 is 2.46 bits per heavy atom. The molecule has 4 rings (SSSR count). The number of fused-ring (bicyclic) bond motifs is 2. The van der Waals surface area contributed by atoms with Gasteiger partial charge >= 0.3 is 0 Å². The minimum absolute atomic E-state index is 0.0154. The van der Waals surface area contributed by atoms with Gasteiger partial charge in [0.1, 0.15) is 11.3 Å². The summed E-state index contributed by atoms with van der Waals surface area (Å²) in [7, 11) is 0. The summed E-state index contributed by atoms with van der Waals surface area (Å²) in [5.41, 5.74) is 3.78. The van der Waals surface area contributed by atoms with Crippen molar-refractivity contribution in [2.45, 2.75) is 24.9 Å². The van der Waals surface area contributed by atoms with Gasteiger partial charge in [-0.3, -0.25) is 0 Å². The largest absolute Gasteiger partial charge is 0.386 e. The molecule has 0 radical (unpaired) electrons. The highest BCUT2D eigenvalue weighted by atomic mass is 35.5. The van der Waals surface area contributed by atoms with Crippen LogP contribution < -0.4 is 5.73 Å². The molecule has 0 amide bonds. The van der Waals surface area contributed by atoms with Crippen LogP contribution in [0.25, 0.3) is 0 Å². The molecular weight excluding hydrogens is 351 g/mol. The molecule has 1 saturated heterocycles. The Bertz CT molecular complexity index is 856. The number of nitrogens with two attached hydrogens (primary N) is 1. The lowest BCUT2D eigenvalue weighted by Gasteiger charge is -2.26. The van der Waals surface area contributed by atoms with E-state index in [9.17, 15) is 10.5 Å². The van der Waals surface area contributed by atoms with Crippen LogP contribution in [0.4, 0.5) is 0 Å². The molecule has 24 heavy (non-hydrogen) atoms. The van der Waals surface area contributed by atoms with Crippen molar-refractivity contribution in [1.82, 2.24) is 0 Å². The van der Waals surface area contributed by atoms with Gasteiger partial charge in [0.05, 0.1) is 24.8 Å². The van der Waals surface area contributed by atoms with E-state index in [0.29, 0.717) is 15.6 Å². The van der Waals surface area contributed by atoms with Crippen molar-refractivity contribution >= 4 is 29.0 Å². The maximum absolute atomic E-state index is 10.0. The SMILES string of the molecule is C[C@@H]1CO[C@]2(N=C(N)[C@@]3(C#N)[C@@H](c4c(Cl)cccc4Cl)[C@@]23C#N)O1. The van der Waals surface area contributed by atoms with E-state index in [2.05, 4.69) is 17.1 Å². The fraction of sp³-hybridized carbons (Fsp3) is 0.438. The monoisotopic (exact) mass is 362 g/mol. The second-order valence-corrected chi connectivity index (χ2v) is 7.04. The first kappa shape index (κ1) is 15.7. The van der Waals surface area contributed by atoms with Crippen molar-refractivity contribution in [3.63, 3.8) is 0 Å². The second-order valence-electron chi connectivity index (χ2n) is 6.23. The Morgan fingerprint density at radius 2 is 1.96 bits per heavy atom. The Kier molecular flexibility index (Phi) is 3.02. The number of aliphatic imine (C=N–C) groups is 1. The Hall–Kier alpha value is -1.83. The molecule has 122 valence electrons. The first-order valence-electron chi connectivity index (χ1n) is 7.34. The van der Waals surface area contributed by atoms with Gasteiger partial charge in [0.25, 0.3) is 5.91 Å². The van der Waals surface area contributed by atoms with Crippen LogP contribution in [0.2, 0.25) is 10.0 Å². The number of rotatable bonds is 1. The first-order chi connectivity index (χ1) is 11.4. The maximum Gasteiger partial charge on any atom is 0.293 e. The molecule has 5 atom stereocenters. The van der Waals surface area contributed by atoms with Crippen LogP contribution in [0.3, 0.4) is 0 Å².